The fourth-order valence-electron chi connectivity index (χ4n) is 2.06. The lowest BCUT2D eigenvalue weighted by Gasteiger charge is -2.14. The van der Waals surface area contributed by atoms with E-state index < -0.39 is 0 Å². The number of hydrogen-bond acceptors (Lipinski definition) is 3. The van der Waals surface area contributed by atoms with Gasteiger partial charge in [0.25, 0.3) is 0 Å². The van der Waals surface area contributed by atoms with Crippen molar-refractivity contribution >= 4 is 17.7 Å². The molecule has 0 bridgehead atoms. The predicted molar refractivity (Wildman–Crippen MR) is 76.9 cm³/mol. The Kier molecular flexibility index (Phi) is 3.97. The third-order valence-corrected chi connectivity index (χ3v) is 5.05. The van der Waals surface area contributed by atoms with Gasteiger partial charge in [0.05, 0.1) is 0 Å². The highest BCUT2D eigenvalue weighted by Crippen LogP contribution is 2.46. The van der Waals surface area contributed by atoms with E-state index >= 15 is 0 Å². The molecule has 0 radical (unpaired) electrons. The second-order valence-corrected chi connectivity index (χ2v) is 6.27. The highest BCUT2D eigenvalue weighted by Gasteiger charge is 2.41. The van der Waals surface area contributed by atoms with Crippen LogP contribution in [-0.2, 0) is 6.54 Å². The average Bonchev–Trinajstić information content (AvgIpc) is 3.11. The summed E-state index contributed by atoms with van der Waals surface area (Å²) in [6, 6.07) is 5.65. The first-order chi connectivity index (χ1) is 8.56. The summed E-state index contributed by atoms with van der Waals surface area (Å²) < 4.78 is 0.487. The summed E-state index contributed by atoms with van der Waals surface area (Å²) in [6.07, 6.45) is 4.82. The molecule has 1 fully saturated rings. The lowest BCUT2D eigenvalue weighted by Crippen LogP contribution is -2.25. The Morgan fingerprint density at radius 2 is 2.22 bits per heavy atom. The molecule has 1 aromatic rings. The summed E-state index contributed by atoms with van der Waals surface area (Å²) in [6.45, 7) is 3.93. The Morgan fingerprint density at radius 1 is 1.50 bits per heavy atom. The molecule has 0 atom stereocenters. The number of nitrogens with two attached hydrogens (primary N) is 1. The van der Waals surface area contributed by atoms with Gasteiger partial charge in [0.2, 0.25) is 5.91 Å². The molecule has 1 saturated carbocycles. The van der Waals surface area contributed by atoms with Crippen molar-refractivity contribution in [2.45, 2.75) is 31.1 Å². The summed E-state index contributed by atoms with van der Waals surface area (Å²) in [5, 5.41) is 3.51. The first-order valence-corrected chi connectivity index (χ1v) is 7.44. The van der Waals surface area contributed by atoms with Crippen LogP contribution in [0.2, 0.25) is 0 Å². The summed E-state index contributed by atoms with van der Waals surface area (Å²) in [4.78, 5) is 11.1. The molecule has 0 heterocycles. The van der Waals surface area contributed by atoms with E-state index in [-0.39, 0.29) is 5.91 Å². The maximum Gasteiger partial charge on any atom is 0.248 e. The van der Waals surface area contributed by atoms with Crippen LogP contribution in [0.3, 0.4) is 0 Å². The van der Waals surface area contributed by atoms with Crippen molar-refractivity contribution in [1.82, 2.24) is 5.32 Å². The van der Waals surface area contributed by atoms with Crippen LogP contribution >= 0.6 is 11.8 Å². The second-order valence-electron chi connectivity index (χ2n) is 5.00. The molecule has 1 aliphatic rings. The van der Waals surface area contributed by atoms with Crippen molar-refractivity contribution in [3.63, 3.8) is 0 Å². The number of carbonyl (C=O) groups excluding carboxylic acids is 1. The zero-order valence-electron chi connectivity index (χ0n) is 11.0. The van der Waals surface area contributed by atoms with Gasteiger partial charge in [-0.25, -0.2) is 0 Å². The molecule has 1 aliphatic carbocycles. The van der Waals surface area contributed by atoms with E-state index in [1.807, 2.05) is 30.8 Å². The van der Waals surface area contributed by atoms with Crippen LogP contribution in [0.15, 0.2) is 18.2 Å². The first-order valence-electron chi connectivity index (χ1n) is 6.21. The molecular weight excluding hydrogens is 244 g/mol. The number of nitrogens with one attached hydrogen (secondary N) is 1. The molecule has 0 spiro atoms. The topological polar surface area (TPSA) is 55.1 Å². The van der Waals surface area contributed by atoms with Crippen molar-refractivity contribution in [1.29, 1.82) is 0 Å². The fraction of sp³-hybridized carbons (Fsp3) is 0.500. The molecular formula is C14H20N2OS. The van der Waals surface area contributed by atoms with E-state index in [1.54, 1.807) is 6.07 Å². The van der Waals surface area contributed by atoms with E-state index in [2.05, 4.69) is 11.6 Å². The molecule has 3 nitrogen and oxygen atoms in total. The van der Waals surface area contributed by atoms with Gasteiger partial charge in [-0.15, -0.1) is 0 Å². The summed E-state index contributed by atoms with van der Waals surface area (Å²) >= 11 is 1.96. The molecule has 0 unspecified atom stereocenters. The van der Waals surface area contributed by atoms with E-state index in [1.165, 1.54) is 18.4 Å². The van der Waals surface area contributed by atoms with Crippen molar-refractivity contribution in [2.75, 3.05) is 12.8 Å². The molecule has 3 N–H and O–H groups in total. The van der Waals surface area contributed by atoms with Crippen molar-refractivity contribution in [2.24, 2.45) is 5.73 Å². The third-order valence-electron chi connectivity index (χ3n) is 3.63. The minimum atomic E-state index is -0.364. The third kappa shape index (κ3) is 3.06. The Morgan fingerprint density at radius 3 is 2.72 bits per heavy atom. The van der Waals surface area contributed by atoms with Crippen LogP contribution < -0.4 is 11.1 Å². The SMILES string of the molecule is CSC1(CNCc2ccc(C(N)=O)cc2C)CC1. The number of amides is 1. The predicted octanol–water partition coefficient (Wildman–Crippen LogP) is 2.08. The number of primary amides is 1. The Labute approximate surface area is 113 Å². The smallest absolute Gasteiger partial charge is 0.248 e. The van der Waals surface area contributed by atoms with Gasteiger partial charge in [0.1, 0.15) is 0 Å². The first kappa shape index (κ1) is 13.4. The van der Waals surface area contributed by atoms with E-state index in [4.69, 9.17) is 5.73 Å². The average molecular weight is 264 g/mol. The van der Waals surface area contributed by atoms with Gasteiger partial charge in [-0.2, -0.15) is 11.8 Å². The molecule has 98 valence electrons. The number of carbonyl (C=O) groups is 1. The Balaban J connectivity index is 1.91. The van der Waals surface area contributed by atoms with Gasteiger partial charge in [-0.3, -0.25) is 4.79 Å². The molecule has 1 aromatic carbocycles. The van der Waals surface area contributed by atoms with Gasteiger partial charge in [-0.05, 0) is 49.3 Å². The highest BCUT2D eigenvalue weighted by atomic mass is 32.2. The molecule has 4 heteroatoms. The van der Waals surface area contributed by atoms with E-state index in [0.717, 1.165) is 18.7 Å². The number of rotatable bonds is 6. The fourth-order valence-corrected chi connectivity index (χ4v) is 2.82. The van der Waals surface area contributed by atoms with Crippen LogP contribution in [0.4, 0.5) is 0 Å². The maximum atomic E-state index is 11.1. The van der Waals surface area contributed by atoms with Crippen molar-refractivity contribution in [3.05, 3.63) is 34.9 Å². The van der Waals surface area contributed by atoms with Crippen molar-refractivity contribution < 1.29 is 4.79 Å². The standard InChI is InChI=1S/C14H20N2OS/c1-10-7-11(13(15)17)3-4-12(10)8-16-9-14(18-2)5-6-14/h3-4,7,16H,5-6,8-9H2,1-2H3,(H2,15,17). The zero-order chi connectivity index (χ0) is 13.2. The van der Waals surface area contributed by atoms with Gasteiger partial charge in [0, 0.05) is 23.4 Å². The highest BCUT2D eigenvalue weighted by molar-refractivity contribution is 8.00. The van der Waals surface area contributed by atoms with Crippen LogP contribution in [-0.4, -0.2) is 23.5 Å². The minimum Gasteiger partial charge on any atom is -0.366 e. The number of hydrogen-bond donors (Lipinski definition) is 2. The normalized spacial score (nSPS) is 16.6. The zero-order valence-corrected chi connectivity index (χ0v) is 11.8. The maximum absolute atomic E-state index is 11.1. The number of aryl methyl sites for hydroxylation is 1. The lowest BCUT2D eigenvalue weighted by molar-refractivity contribution is 0.1000. The second kappa shape index (κ2) is 5.33. The van der Waals surface area contributed by atoms with Crippen LogP contribution in [0.25, 0.3) is 0 Å². The lowest BCUT2D eigenvalue weighted by atomic mass is 10.0. The monoisotopic (exact) mass is 264 g/mol. The minimum absolute atomic E-state index is 0.364. The summed E-state index contributed by atoms with van der Waals surface area (Å²) in [5.74, 6) is -0.364. The van der Waals surface area contributed by atoms with Gasteiger partial charge in [0.15, 0.2) is 0 Å². The molecule has 2 rings (SSSR count). The van der Waals surface area contributed by atoms with Gasteiger partial charge >= 0.3 is 0 Å². The summed E-state index contributed by atoms with van der Waals surface area (Å²) in [7, 11) is 0. The Bertz CT molecular complexity index is 455. The van der Waals surface area contributed by atoms with E-state index in [0.29, 0.717) is 10.3 Å². The van der Waals surface area contributed by atoms with Crippen LogP contribution in [0, 0.1) is 6.92 Å². The van der Waals surface area contributed by atoms with Gasteiger partial charge in [-0.1, -0.05) is 6.07 Å². The largest absolute Gasteiger partial charge is 0.366 e. The molecule has 1 amide bonds. The quantitative estimate of drug-likeness (QED) is 0.827. The molecule has 18 heavy (non-hydrogen) atoms. The Hall–Kier alpha value is -1.00. The van der Waals surface area contributed by atoms with Crippen molar-refractivity contribution in [3.8, 4) is 0 Å². The number of benzene rings is 1. The summed E-state index contributed by atoms with van der Waals surface area (Å²) in [5.41, 5.74) is 8.19. The van der Waals surface area contributed by atoms with Crippen LogP contribution in [0.1, 0.15) is 34.3 Å². The van der Waals surface area contributed by atoms with Gasteiger partial charge < -0.3 is 11.1 Å². The molecule has 0 aliphatic heterocycles. The molecule has 0 aromatic heterocycles. The van der Waals surface area contributed by atoms with E-state index in [9.17, 15) is 4.79 Å². The molecule has 0 saturated heterocycles. The van der Waals surface area contributed by atoms with Crippen LogP contribution in [0.5, 0.6) is 0 Å². The number of thioether (sulfide) groups is 1.